The van der Waals surface area contributed by atoms with Crippen LogP contribution in [0.4, 0.5) is 0 Å². The van der Waals surface area contributed by atoms with E-state index in [1.54, 1.807) is 0 Å². The van der Waals surface area contributed by atoms with E-state index in [-0.39, 0.29) is 5.97 Å². The van der Waals surface area contributed by atoms with Crippen molar-refractivity contribution >= 4 is 5.97 Å². The highest BCUT2D eigenvalue weighted by Gasteiger charge is 2.47. The summed E-state index contributed by atoms with van der Waals surface area (Å²) in [7, 11) is 3.41. The van der Waals surface area contributed by atoms with Crippen molar-refractivity contribution in [2.24, 2.45) is 5.92 Å². The van der Waals surface area contributed by atoms with E-state index in [2.05, 4.69) is 10.2 Å². The Balaban J connectivity index is 1.70. The monoisotopic (exact) mass is 280 g/mol. The van der Waals surface area contributed by atoms with Gasteiger partial charge in [0.1, 0.15) is 5.54 Å². The van der Waals surface area contributed by atoms with E-state index in [0.29, 0.717) is 6.04 Å². The lowest BCUT2D eigenvalue weighted by Crippen LogP contribution is -2.58. The zero-order valence-corrected chi connectivity index (χ0v) is 12.9. The van der Waals surface area contributed by atoms with Crippen LogP contribution >= 0.6 is 0 Å². The van der Waals surface area contributed by atoms with Crippen molar-refractivity contribution in [1.82, 2.24) is 10.2 Å². The fourth-order valence-corrected chi connectivity index (χ4v) is 3.84. The number of nitrogens with one attached hydrogen (secondary N) is 1. The molecular weight excluding hydrogens is 252 g/mol. The van der Waals surface area contributed by atoms with E-state index in [4.69, 9.17) is 4.74 Å². The Bertz CT molecular complexity index is 365. The number of ether oxygens (including phenoxy) is 1. The zero-order valence-electron chi connectivity index (χ0n) is 12.9. The fourth-order valence-electron chi connectivity index (χ4n) is 3.84. The molecule has 0 aromatic carbocycles. The lowest BCUT2D eigenvalue weighted by atomic mass is 9.78. The van der Waals surface area contributed by atoms with Crippen LogP contribution in [-0.2, 0) is 9.53 Å². The summed E-state index contributed by atoms with van der Waals surface area (Å²) in [6.45, 7) is 1.26. The molecule has 4 nitrogen and oxygen atoms in total. The minimum absolute atomic E-state index is 0.0770. The van der Waals surface area contributed by atoms with Crippen molar-refractivity contribution in [2.45, 2.75) is 69.0 Å². The third kappa shape index (κ3) is 2.86. The van der Waals surface area contributed by atoms with Crippen molar-refractivity contribution in [2.75, 3.05) is 20.7 Å². The molecule has 3 aliphatic carbocycles. The van der Waals surface area contributed by atoms with Crippen LogP contribution in [0.2, 0.25) is 0 Å². The maximum Gasteiger partial charge on any atom is 0.326 e. The Labute approximate surface area is 122 Å². The predicted molar refractivity (Wildman–Crippen MR) is 78.5 cm³/mol. The van der Waals surface area contributed by atoms with E-state index in [1.165, 1.54) is 45.8 Å². The van der Waals surface area contributed by atoms with Gasteiger partial charge in [-0.25, -0.2) is 0 Å². The average molecular weight is 280 g/mol. The molecule has 3 rings (SSSR count). The second kappa shape index (κ2) is 5.64. The second-order valence-electron chi connectivity index (χ2n) is 6.95. The van der Waals surface area contributed by atoms with E-state index in [9.17, 15) is 4.79 Å². The number of likely N-dealkylation sites (N-methyl/N-ethyl adjacent to an activating group) is 1. The molecule has 0 radical (unpaired) electrons. The Kier molecular flexibility index (Phi) is 4.04. The van der Waals surface area contributed by atoms with Gasteiger partial charge in [-0.1, -0.05) is 0 Å². The first-order chi connectivity index (χ1) is 9.68. The van der Waals surface area contributed by atoms with Crippen molar-refractivity contribution in [3.05, 3.63) is 0 Å². The molecule has 0 bridgehead atoms. The lowest BCUT2D eigenvalue weighted by molar-refractivity contribution is -0.151. The summed E-state index contributed by atoms with van der Waals surface area (Å²) in [4.78, 5) is 14.9. The summed E-state index contributed by atoms with van der Waals surface area (Å²) in [5.41, 5.74) is -0.450. The number of carbonyl (C=O) groups is 1. The SMILES string of the molecule is CNC1(C(=O)OC)CCCC(N(CC2CC2)C2CC2)C1. The minimum Gasteiger partial charge on any atom is -0.468 e. The van der Waals surface area contributed by atoms with Crippen molar-refractivity contribution < 1.29 is 9.53 Å². The molecule has 4 heteroatoms. The summed E-state index contributed by atoms with van der Waals surface area (Å²) in [6, 6.07) is 1.36. The Morgan fingerprint density at radius 1 is 1.25 bits per heavy atom. The Morgan fingerprint density at radius 3 is 2.55 bits per heavy atom. The average Bonchev–Trinajstić information content (AvgIpc) is 3.37. The first kappa shape index (κ1) is 14.3. The van der Waals surface area contributed by atoms with Crippen LogP contribution in [0.25, 0.3) is 0 Å². The van der Waals surface area contributed by atoms with Crippen LogP contribution in [-0.4, -0.2) is 49.2 Å². The smallest absolute Gasteiger partial charge is 0.326 e. The lowest BCUT2D eigenvalue weighted by Gasteiger charge is -2.43. The standard InChI is InChI=1S/C16H28N2O2/c1-17-16(15(19)20-2)9-3-4-14(10-16)18(13-7-8-13)11-12-5-6-12/h12-14,17H,3-11H2,1-2H3. The number of methoxy groups -OCH3 is 1. The molecule has 0 aromatic heterocycles. The maximum atomic E-state index is 12.2. The number of hydrogen-bond donors (Lipinski definition) is 1. The van der Waals surface area contributed by atoms with Crippen LogP contribution in [0.3, 0.4) is 0 Å². The third-order valence-corrected chi connectivity index (χ3v) is 5.43. The normalized spacial score (nSPS) is 34.2. The van der Waals surface area contributed by atoms with Gasteiger partial charge in [0.2, 0.25) is 0 Å². The summed E-state index contributed by atoms with van der Waals surface area (Å²) in [6.07, 6.45) is 9.71. The molecule has 20 heavy (non-hydrogen) atoms. The number of nitrogens with zero attached hydrogens (tertiary/aromatic N) is 1. The van der Waals surface area contributed by atoms with Crippen molar-refractivity contribution in [3.63, 3.8) is 0 Å². The zero-order chi connectivity index (χ0) is 14.2. The molecule has 0 aromatic rings. The van der Waals surface area contributed by atoms with Gasteiger partial charge in [0.05, 0.1) is 7.11 Å². The molecule has 0 spiro atoms. The molecular formula is C16H28N2O2. The van der Waals surface area contributed by atoms with Crippen LogP contribution in [0, 0.1) is 5.92 Å². The number of rotatable bonds is 6. The van der Waals surface area contributed by atoms with Crippen molar-refractivity contribution in [3.8, 4) is 0 Å². The molecule has 114 valence electrons. The van der Waals surface area contributed by atoms with Crippen LogP contribution in [0.15, 0.2) is 0 Å². The molecule has 1 N–H and O–H groups in total. The molecule has 3 fully saturated rings. The second-order valence-corrected chi connectivity index (χ2v) is 6.95. The van der Waals surface area contributed by atoms with Gasteiger partial charge in [-0.3, -0.25) is 9.69 Å². The summed E-state index contributed by atoms with van der Waals surface area (Å²) in [5.74, 6) is 0.853. The van der Waals surface area contributed by atoms with Gasteiger partial charge in [0.25, 0.3) is 0 Å². The minimum atomic E-state index is -0.450. The molecule has 2 unspecified atom stereocenters. The van der Waals surface area contributed by atoms with Gasteiger partial charge in [-0.05, 0) is 64.3 Å². The first-order valence-electron chi connectivity index (χ1n) is 8.21. The highest BCUT2D eigenvalue weighted by Crippen LogP contribution is 2.40. The summed E-state index contributed by atoms with van der Waals surface area (Å²) in [5, 5.41) is 3.28. The molecule has 3 saturated carbocycles. The Hall–Kier alpha value is -0.610. The van der Waals surface area contributed by atoms with E-state index >= 15 is 0 Å². The van der Waals surface area contributed by atoms with E-state index in [1.807, 2.05) is 7.05 Å². The van der Waals surface area contributed by atoms with E-state index < -0.39 is 5.54 Å². The number of esters is 1. The van der Waals surface area contributed by atoms with Crippen LogP contribution < -0.4 is 5.32 Å². The summed E-state index contributed by atoms with van der Waals surface area (Å²) >= 11 is 0. The Morgan fingerprint density at radius 2 is 2.00 bits per heavy atom. The quantitative estimate of drug-likeness (QED) is 0.755. The predicted octanol–water partition coefficient (Wildman–Crippen LogP) is 1.93. The molecule has 2 atom stereocenters. The molecule has 0 aliphatic heterocycles. The van der Waals surface area contributed by atoms with E-state index in [0.717, 1.165) is 31.2 Å². The highest BCUT2D eigenvalue weighted by molar-refractivity contribution is 5.81. The van der Waals surface area contributed by atoms with Gasteiger partial charge in [0.15, 0.2) is 0 Å². The third-order valence-electron chi connectivity index (χ3n) is 5.43. The maximum absolute atomic E-state index is 12.2. The largest absolute Gasteiger partial charge is 0.468 e. The summed E-state index contributed by atoms with van der Waals surface area (Å²) < 4.78 is 5.06. The van der Waals surface area contributed by atoms with Gasteiger partial charge in [0, 0.05) is 18.6 Å². The molecule has 0 heterocycles. The fraction of sp³-hybridized carbons (Fsp3) is 0.938. The number of hydrogen-bond acceptors (Lipinski definition) is 4. The van der Waals surface area contributed by atoms with Crippen molar-refractivity contribution in [1.29, 1.82) is 0 Å². The van der Waals surface area contributed by atoms with Gasteiger partial charge >= 0.3 is 5.97 Å². The number of carbonyl (C=O) groups excluding carboxylic acids is 1. The van der Waals surface area contributed by atoms with Crippen LogP contribution in [0.1, 0.15) is 51.4 Å². The topological polar surface area (TPSA) is 41.6 Å². The van der Waals surface area contributed by atoms with Crippen LogP contribution in [0.5, 0.6) is 0 Å². The molecule has 0 saturated heterocycles. The van der Waals surface area contributed by atoms with Gasteiger partial charge < -0.3 is 10.1 Å². The first-order valence-corrected chi connectivity index (χ1v) is 8.21. The molecule has 0 amide bonds. The van der Waals surface area contributed by atoms with Gasteiger partial charge in [-0.15, -0.1) is 0 Å². The van der Waals surface area contributed by atoms with Gasteiger partial charge in [-0.2, -0.15) is 0 Å². The highest BCUT2D eigenvalue weighted by atomic mass is 16.5. The molecule has 3 aliphatic rings.